The molecule has 22 heavy (non-hydrogen) atoms. The van der Waals surface area contributed by atoms with Gasteiger partial charge in [-0.05, 0) is 31.9 Å². The average Bonchev–Trinajstić information content (AvgIpc) is 2.49. The second-order valence-electron chi connectivity index (χ2n) is 5.38. The van der Waals surface area contributed by atoms with Crippen LogP contribution in [0.4, 0.5) is 5.69 Å². The molecule has 0 aliphatic carbocycles. The van der Waals surface area contributed by atoms with Crippen LogP contribution >= 0.6 is 0 Å². The number of anilines is 1. The van der Waals surface area contributed by atoms with Gasteiger partial charge in [0.2, 0.25) is 15.9 Å². The van der Waals surface area contributed by atoms with E-state index in [0.29, 0.717) is 37.4 Å². The first-order chi connectivity index (χ1) is 10.4. The van der Waals surface area contributed by atoms with Crippen molar-refractivity contribution in [2.75, 3.05) is 31.3 Å². The van der Waals surface area contributed by atoms with Crippen molar-refractivity contribution in [2.24, 2.45) is 5.92 Å². The molecule has 1 fully saturated rings. The first-order valence-electron chi connectivity index (χ1n) is 7.39. The van der Waals surface area contributed by atoms with Gasteiger partial charge in [-0.1, -0.05) is 12.1 Å². The number of nitrogens with one attached hydrogen (secondary N) is 1. The number of nitrogens with zero attached hydrogens (tertiary/aromatic N) is 1. The number of rotatable bonds is 5. The minimum absolute atomic E-state index is 0.166. The first-order valence-corrected chi connectivity index (χ1v) is 9.24. The highest BCUT2D eigenvalue weighted by Crippen LogP contribution is 2.26. The molecule has 0 saturated carbocycles. The largest absolute Gasteiger partial charge is 0.492 e. The maximum atomic E-state index is 12.4. The number of carbonyl (C=O) groups is 1. The normalized spacial score (nSPS) is 19.6. The van der Waals surface area contributed by atoms with Gasteiger partial charge in [-0.2, -0.15) is 0 Å². The van der Waals surface area contributed by atoms with Crippen molar-refractivity contribution in [3.05, 3.63) is 24.3 Å². The van der Waals surface area contributed by atoms with Gasteiger partial charge in [-0.25, -0.2) is 12.7 Å². The van der Waals surface area contributed by atoms with Gasteiger partial charge in [0.05, 0.1) is 24.5 Å². The molecule has 1 heterocycles. The fourth-order valence-corrected chi connectivity index (χ4v) is 3.46. The lowest BCUT2D eigenvalue weighted by Crippen LogP contribution is -2.43. The molecule has 1 aromatic rings. The molecule has 1 amide bonds. The van der Waals surface area contributed by atoms with Crippen LogP contribution in [0, 0.1) is 5.92 Å². The highest BCUT2D eigenvalue weighted by Gasteiger charge is 2.30. The number of hydrogen-bond acceptors (Lipinski definition) is 4. The third-order valence-corrected chi connectivity index (χ3v) is 4.94. The lowest BCUT2D eigenvalue weighted by molar-refractivity contribution is -0.120. The van der Waals surface area contributed by atoms with E-state index in [1.54, 1.807) is 12.1 Å². The number of carbonyl (C=O) groups excluding carboxylic acids is 1. The Morgan fingerprint density at radius 1 is 1.41 bits per heavy atom. The summed E-state index contributed by atoms with van der Waals surface area (Å²) in [7, 11) is -3.25. The summed E-state index contributed by atoms with van der Waals surface area (Å²) in [6, 6.07) is 7.23. The van der Waals surface area contributed by atoms with E-state index in [-0.39, 0.29) is 18.4 Å². The van der Waals surface area contributed by atoms with E-state index in [1.165, 1.54) is 10.6 Å². The maximum absolute atomic E-state index is 12.4. The average molecular weight is 326 g/mol. The fourth-order valence-electron chi connectivity index (χ4n) is 2.54. The highest BCUT2D eigenvalue weighted by atomic mass is 32.2. The SMILES string of the molecule is CCOc1ccccc1NC(=O)[C@H]1CCCN(S(C)(=O)=O)C1. The van der Waals surface area contributed by atoms with Crippen molar-refractivity contribution in [3.8, 4) is 5.75 Å². The smallest absolute Gasteiger partial charge is 0.228 e. The fraction of sp³-hybridized carbons (Fsp3) is 0.533. The number of ether oxygens (including phenoxy) is 1. The zero-order valence-corrected chi connectivity index (χ0v) is 13.7. The molecule has 0 radical (unpaired) electrons. The highest BCUT2D eigenvalue weighted by molar-refractivity contribution is 7.88. The topological polar surface area (TPSA) is 75.7 Å². The third-order valence-electron chi connectivity index (χ3n) is 3.67. The summed E-state index contributed by atoms with van der Waals surface area (Å²) in [4.78, 5) is 12.4. The van der Waals surface area contributed by atoms with Crippen molar-refractivity contribution in [3.63, 3.8) is 0 Å². The maximum Gasteiger partial charge on any atom is 0.228 e. The molecule has 0 aromatic heterocycles. The van der Waals surface area contributed by atoms with Crippen LogP contribution in [0.2, 0.25) is 0 Å². The Hall–Kier alpha value is -1.60. The number of para-hydroxylation sites is 2. The third kappa shape index (κ3) is 4.20. The molecule has 122 valence electrons. The molecular formula is C15H22N2O4S. The molecule has 7 heteroatoms. The zero-order chi connectivity index (χ0) is 16.2. The van der Waals surface area contributed by atoms with Crippen LogP contribution in [0.1, 0.15) is 19.8 Å². The Bertz CT molecular complexity index is 630. The van der Waals surface area contributed by atoms with Crippen LogP contribution in [-0.2, 0) is 14.8 Å². The van der Waals surface area contributed by atoms with Gasteiger partial charge in [-0.3, -0.25) is 4.79 Å². The second-order valence-corrected chi connectivity index (χ2v) is 7.36. The predicted octanol–water partition coefficient (Wildman–Crippen LogP) is 1.70. The molecule has 1 saturated heterocycles. The summed E-state index contributed by atoms with van der Waals surface area (Å²) in [5.41, 5.74) is 0.617. The lowest BCUT2D eigenvalue weighted by atomic mass is 9.98. The molecule has 0 bridgehead atoms. The molecule has 1 aliphatic rings. The number of sulfonamides is 1. The Labute approximate surface area is 131 Å². The molecule has 2 rings (SSSR count). The molecular weight excluding hydrogens is 304 g/mol. The van der Waals surface area contributed by atoms with E-state index >= 15 is 0 Å². The Morgan fingerprint density at radius 3 is 2.82 bits per heavy atom. The molecule has 0 spiro atoms. The van der Waals surface area contributed by atoms with Gasteiger partial charge in [0.1, 0.15) is 5.75 Å². The zero-order valence-electron chi connectivity index (χ0n) is 12.9. The van der Waals surface area contributed by atoms with Gasteiger partial charge in [-0.15, -0.1) is 0 Å². The quantitative estimate of drug-likeness (QED) is 0.893. The van der Waals surface area contributed by atoms with Crippen LogP contribution in [0.5, 0.6) is 5.75 Å². The standard InChI is InChI=1S/C15H22N2O4S/c1-3-21-14-9-5-4-8-13(14)16-15(18)12-7-6-10-17(11-12)22(2,19)20/h4-5,8-9,12H,3,6-7,10-11H2,1-2H3,(H,16,18)/t12-/m0/s1. The van der Waals surface area contributed by atoms with Gasteiger partial charge in [0.25, 0.3) is 0 Å². The number of piperidine rings is 1. The van der Waals surface area contributed by atoms with Gasteiger partial charge >= 0.3 is 0 Å². The summed E-state index contributed by atoms with van der Waals surface area (Å²) < 4.78 is 30.1. The predicted molar refractivity (Wildman–Crippen MR) is 85.4 cm³/mol. The van der Waals surface area contributed by atoms with E-state index in [1.807, 2.05) is 19.1 Å². The Kier molecular flexibility index (Phi) is 5.42. The van der Waals surface area contributed by atoms with Gasteiger partial charge in [0.15, 0.2) is 0 Å². The van der Waals surface area contributed by atoms with Crippen molar-refractivity contribution in [1.29, 1.82) is 0 Å². The number of hydrogen-bond donors (Lipinski definition) is 1. The van der Waals surface area contributed by atoms with Crippen LogP contribution in [0.3, 0.4) is 0 Å². The Morgan fingerprint density at radius 2 is 2.14 bits per heavy atom. The summed E-state index contributed by atoms with van der Waals surface area (Å²) in [5.74, 6) is 0.118. The van der Waals surface area contributed by atoms with Crippen LogP contribution < -0.4 is 10.1 Å². The second kappa shape index (κ2) is 7.11. The van der Waals surface area contributed by atoms with Crippen LogP contribution in [0.15, 0.2) is 24.3 Å². The van der Waals surface area contributed by atoms with Gasteiger partial charge in [0, 0.05) is 13.1 Å². The molecule has 1 aromatic carbocycles. The molecule has 1 atom stereocenters. The minimum atomic E-state index is -3.25. The molecule has 1 N–H and O–H groups in total. The Balaban J connectivity index is 2.06. The van der Waals surface area contributed by atoms with Crippen LogP contribution in [-0.4, -0.2) is 44.6 Å². The monoisotopic (exact) mass is 326 g/mol. The van der Waals surface area contributed by atoms with E-state index < -0.39 is 10.0 Å². The van der Waals surface area contributed by atoms with E-state index in [0.717, 1.165) is 0 Å². The van der Waals surface area contributed by atoms with E-state index in [4.69, 9.17) is 4.74 Å². The molecule has 6 nitrogen and oxygen atoms in total. The number of benzene rings is 1. The number of amides is 1. The van der Waals surface area contributed by atoms with E-state index in [2.05, 4.69) is 5.32 Å². The van der Waals surface area contributed by atoms with Crippen molar-refractivity contribution in [1.82, 2.24) is 4.31 Å². The summed E-state index contributed by atoms with van der Waals surface area (Å²) in [5, 5.41) is 2.85. The van der Waals surface area contributed by atoms with Gasteiger partial charge < -0.3 is 10.1 Å². The summed E-state index contributed by atoms with van der Waals surface area (Å²) >= 11 is 0. The summed E-state index contributed by atoms with van der Waals surface area (Å²) in [6.07, 6.45) is 2.56. The van der Waals surface area contributed by atoms with E-state index in [9.17, 15) is 13.2 Å². The van der Waals surface area contributed by atoms with Crippen molar-refractivity contribution in [2.45, 2.75) is 19.8 Å². The summed E-state index contributed by atoms with van der Waals surface area (Å²) in [6.45, 7) is 3.11. The molecule has 0 unspecified atom stereocenters. The minimum Gasteiger partial charge on any atom is -0.492 e. The lowest BCUT2D eigenvalue weighted by Gasteiger charge is -2.30. The first kappa shape index (κ1) is 16.8. The van der Waals surface area contributed by atoms with Crippen molar-refractivity contribution >= 4 is 21.6 Å². The van der Waals surface area contributed by atoms with Crippen molar-refractivity contribution < 1.29 is 17.9 Å². The van der Waals surface area contributed by atoms with Crippen LogP contribution in [0.25, 0.3) is 0 Å². The molecule has 1 aliphatic heterocycles.